The highest BCUT2D eigenvalue weighted by atomic mass is 19.4. The fourth-order valence-corrected chi connectivity index (χ4v) is 3.78. The molecule has 9 nitrogen and oxygen atoms in total. The number of esters is 1. The lowest BCUT2D eigenvalue weighted by Gasteiger charge is -2.35. The lowest BCUT2D eigenvalue weighted by molar-refractivity contribution is -0.137. The van der Waals surface area contributed by atoms with E-state index in [1.54, 1.807) is 13.8 Å². The molecule has 0 spiro atoms. The third kappa shape index (κ3) is 4.70. The average molecular weight is 465 g/mol. The lowest BCUT2D eigenvalue weighted by Crippen LogP contribution is -2.46. The molecule has 0 aromatic carbocycles. The van der Waals surface area contributed by atoms with E-state index in [0.717, 1.165) is 12.3 Å². The number of hydrogen-bond acceptors (Lipinski definition) is 8. The number of halogens is 3. The number of furan rings is 1. The number of rotatable bonds is 5. The van der Waals surface area contributed by atoms with Crippen LogP contribution in [-0.2, 0) is 17.5 Å². The van der Waals surface area contributed by atoms with E-state index in [-0.39, 0.29) is 29.0 Å². The van der Waals surface area contributed by atoms with Crippen LogP contribution in [0.3, 0.4) is 0 Å². The van der Waals surface area contributed by atoms with Crippen LogP contribution in [-0.4, -0.2) is 58.6 Å². The number of aryl methyl sites for hydroxylation is 1. The summed E-state index contributed by atoms with van der Waals surface area (Å²) in [5.74, 6) is 0.490. The van der Waals surface area contributed by atoms with Crippen molar-refractivity contribution in [2.24, 2.45) is 0 Å². The first kappa shape index (κ1) is 22.8. The summed E-state index contributed by atoms with van der Waals surface area (Å²) in [4.78, 5) is 39.8. The summed E-state index contributed by atoms with van der Waals surface area (Å²) in [6.07, 6.45) is -3.58. The Bertz CT molecular complexity index is 1210. The van der Waals surface area contributed by atoms with Crippen LogP contribution in [0.1, 0.15) is 34.4 Å². The van der Waals surface area contributed by atoms with Crippen LogP contribution in [0.5, 0.6) is 0 Å². The van der Waals surface area contributed by atoms with Gasteiger partial charge in [-0.3, -0.25) is 9.69 Å². The first-order valence-corrected chi connectivity index (χ1v) is 10.4. The minimum atomic E-state index is -4.42. The summed E-state index contributed by atoms with van der Waals surface area (Å²) in [6.45, 7) is 6.04. The fraction of sp³-hybridized carbons (Fsp3) is 0.429. The van der Waals surface area contributed by atoms with Crippen LogP contribution in [0, 0.1) is 6.92 Å². The standard InChI is InChI=1S/C21H22F3N5O4/c1-3-32-20(31)16-12(2)33-19-17(16)18(30)26-14(27-19)11-28-6-8-29(9-7-28)15-5-4-13(10-25-15)21(22,23)24/h4-5,10H,3,6-9,11H2,1-2H3,(H,26,27,30). The summed E-state index contributed by atoms with van der Waals surface area (Å²) in [5.41, 5.74) is -1.12. The normalized spacial score (nSPS) is 15.2. The van der Waals surface area contributed by atoms with Gasteiger partial charge in [-0.2, -0.15) is 18.2 Å². The van der Waals surface area contributed by atoms with Crippen molar-refractivity contribution in [2.75, 3.05) is 37.7 Å². The van der Waals surface area contributed by atoms with Gasteiger partial charge in [0.05, 0.1) is 18.7 Å². The number of anilines is 1. The molecule has 4 rings (SSSR count). The Morgan fingerprint density at radius 2 is 1.97 bits per heavy atom. The third-order valence-corrected chi connectivity index (χ3v) is 5.41. The van der Waals surface area contributed by atoms with Crippen molar-refractivity contribution >= 4 is 22.9 Å². The molecule has 0 bridgehead atoms. The number of aromatic amines is 1. The highest BCUT2D eigenvalue weighted by molar-refractivity contribution is 6.03. The van der Waals surface area contributed by atoms with Gasteiger partial charge >= 0.3 is 12.1 Å². The zero-order valence-corrected chi connectivity index (χ0v) is 18.0. The number of alkyl halides is 3. The van der Waals surface area contributed by atoms with Gasteiger partial charge in [0.1, 0.15) is 28.4 Å². The van der Waals surface area contributed by atoms with Gasteiger partial charge < -0.3 is 19.0 Å². The second-order valence-electron chi connectivity index (χ2n) is 7.61. The van der Waals surface area contributed by atoms with Gasteiger partial charge in [0, 0.05) is 32.4 Å². The molecule has 0 aliphatic carbocycles. The van der Waals surface area contributed by atoms with Crippen LogP contribution in [0.4, 0.5) is 19.0 Å². The van der Waals surface area contributed by atoms with Crippen molar-refractivity contribution in [1.82, 2.24) is 19.9 Å². The number of pyridine rings is 1. The summed E-state index contributed by atoms with van der Waals surface area (Å²) < 4.78 is 48.7. The summed E-state index contributed by atoms with van der Waals surface area (Å²) in [5, 5.41) is 0.0629. The number of fused-ring (bicyclic) bond motifs is 1. The van der Waals surface area contributed by atoms with Gasteiger partial charge in [0.15, 0.2) is 0 Å². The molecule has 0 atom stereocenters. The summed E-state index contributed by atoms with van der Waals surface area (Å²) in [6, 6.07) is 2.39. The molecule has 12 heteroatoms. The topological polar surface area (TPSA) is 105 Å². The largest absolute Gasteiger partial charge is 0.462 e. The molecule has 4 heterocycles. The SMILES string of the molecule is CCOC(=O)c1c(C)oc2nc(CN3CCN(c4ccc(C(F)(F)F)cn4)CC3)[nH]c(=O)c12. The Morgan fingerprint density at radius 3 is 2.58 bits per heavy atom. The molecule has 3 aromatic heterocycles. The van der Waals surface area contributed by atoms with Crippen LogP contribution in [0.25, 0.3) is 11.1 Å². The van der Waals surface area contributed by atoms with Gasteiger partial charge in [-0.1, -0.05) is 0 Å². The fourth-order valence-electron chi connectivity index (χ4n) is 3.78. The maximum absolute atomic E-state index is 12.7. The Kier molecular flexibility index (Phi) is 6.11. The number of aromatic nitrogens is 3. The van der Waals surface area contributed by atoms with Crippen LogP contribution < -0.4 is 10.5 Å². The van der Waals surface area contributed by atoms with E-state index in [1.807, 2.05) is 9.80 Å². The molecule has 0 unspecified atom stereocenters. The van der Waals surface area contributed by atoms with Gasteiger partial charge in [-0.25, -0.2) is 9.78 Å². The van der Waals surface area contributed by atoms with Crippen molar-refractivity contribution < 1.29 is 27.1 Å². The predicted molar refractivity (Wildman–Crippen MR) is 112 cm³/mol. The highest BCUT2D eigenvalue weighted by Crippen LogP contribution is 2.29. The van der Waals surface area contributed by atoms with Crippen molar-refractivity contribution in [3.8, 4) is 0 Å². The molecule has 33 heavy (non-hydrogen) atoms. The quantitative estimate of drug-likeness (QED) is 0.574. The minimum absolute atomic E-state index is 0.0629. The average Bonchev–Trinajstić information content (AvgIpc) is 3.10. The van der Waals surface area contributed by atoms with E-state index in [4.69, 9.17) is 9.15 Å². The number of piperazine rings is 1. The molecular weight excluding hydrogens is 443 g/mol. The molecule has 176 valence electrons. The first-order valence-electron chi connectivity index (χ1n) is 10.4. The first-order chi connectivity index (χ1) is 15.7. The summed E-state index contributed by atoms with van der Waals surface area (Å²) >= 11 is 0. The number of H-pyrrole nitrogens is 1. The van der Waals surface area contributed by atoms with Crippen molar-refractivity contribution in [3.05, 3.63) is 51.4 Å². The third-order valence-electron chi connectivity index (χ3n) is 5.41. The molecule has 1 saturated heterocycles. The molecule has 1 aliphatic heterocycles. The van der Waals surface area contributed by atoms with E-state index in [2.05, 4.69) is 15.0 Å². The number of ether oxygens (including phenoxy) is 1. The van der Waals surface area contributed by atoms with E-state index in [9.17, 15) is 22.8 Å². The second kappa shape index (κ2) is 8.85. The smallest absolute Gasteiger partial charge is 0.417 e. The molecular formula is C21H22F3N5O4. The molecule has 1 aliphatic rings. The van der Waals surface area contributed by atoms with E-state index in [1.165, 1.54) is 6.07 Å². The second-order valence-corrected chi connectivity index (χ2v) is 7.61. The maximum atomic E-state index is 12.7. The van der Waals surface area contributed by atoms with E-state index in [0.29, 0.717) is 44.4 Å². The highest BCUT2D eigenvalue weighted by Gasteiger charge is 2.31. The molecule has 0 radical (unpaired) electrons. The van der Waals surface area contributed by atoms with Crippen molar-refractivity contribution in [1.29, 1.82) is 0 Å². The van der Waals surface area contributed by atoms with Crippen LogP contribution in [0.2, 0.25) is 0 Å². The molecule has 0 saturated carbocycles. The number of carbonyl (C=O) groups excluding carboxylic acids is 1. The van der Waals surface area contributed by atoms with Gasteiger partial charge in [-0.15, -0.1) is 0 Å². The minimum Gasteiger partial charge on any atom is -0.462 e. The molecule has 1 fully saturated rings. The number of carbonyl (C=O) groups is 1. The maximum Gasteiger partial charge on any atom is 0.417 e. The number of hydrogen-bond donors (Lipinski definition) is 1. The summed E-state index contributed by atoms with van der Waals surface area (Å²) in [7, 11) is 0. The predicted octanol–water partition coefficient (Wildman–Crippen LogP) is 2.74. The Balaban J connectivity index is 1.44. The zero-order chi connectivity index (χ0) is 23.8. The van der Waals surface area contributed by atoms with Crippen molar-refractivity contribution in [3.63, 3.8) is 0 Å². The van der Waals surface area contributed by atoms with E-state index >= 15 is 0 Å². The lowest BCUT2D eigenvalue weighted by atomic mass is 10.2. The van der Waals surface area contributed by atoms with Crippen LogP contribution in [0.15, 0.2) is 27.5 Å². The van der Waals surface area contributed by atoms with Gasteiger partial charge in [0.2, 0.25) is 5.71 Å². The van der Waals surface area contributed by atoms with E-state index < -0.39 is 23.3 Å². The zero-order valence-electron chi connectivity index (χ0n) is 18.0. The van der Waals surface area contributed by atoms with Crippen LogP contribution >= 0.6 is 0 Å². The monoisotopic (exact) mass is 465 g/mol. The van der Waals surface area contributed by atoms with Gasteiger partial charge in [-0.05, 0) is 26.0 Å². The Labute approximate surface area is 186 Å². The number of nitrogens with zero attached hydrogens (tertiary/aromatic N) is 4. The Hall–Kier alpha value is -3.41. The Morgan fingerprint density at radius 1 is 1.24 bits per heavy atom. The van der Waals surface area contributed by atoms with Crippen molar-refractivity contribution in [2.45, 2.75) is 26.6 Å². The number of nitrogens with one attached hydrogen (secondary N) is 1. The molecule has 3 aromatic rings. The molecule has 0 amide bonds. The molecule has 1 N–H and O–H groups in total. The van der Waals surface area contributed by atoms with Gasteiger partial charge in [0.25, 0.3) is 5.56 Å².